The van der Waals surface area contributed by atoms with Crippen molar-refractivity contribution in [2.45, 2.75) is 20.3 Å². The van der Waals surface area contributed by atoms with Gasteiger partial charge in [0.2, 0.25) is 5.91 Å². The Labute approximate surface area is 134 Å². The van der Waals surface area contributed by atoms with Crippen molar-refractivity contribution in [1.82, 2.24) is 0 Å². The van der Waals surface area contributed by atoms with Gasteiger partial charge in [0.05, 0.1) is 18.0 Å². The lowest BCUT2D eigenvalue weighted by Crippen LogP contribution is -2.14. The van der Waals surface area contributed by atoms with Crippen LogP contribution in [-0.4, -0.2) is 17.4 Å². The summed E-state index contributed by atoms with van der Waals surface area (Å²) < 4.78 is 5.34. The maximum absolute atomic E-state index is 12.0. The highest BCUT2D eigenvalue weighted by Gasteiger charge is 2.12. The molecule has 0 aliphatic carbocycles. The van der Waals surface area contributed by atoms with E-state index in [2.05, 4.69) is 5.32 Å². The summed E-state index contributed by atoms with van der Waals surface area (Å²) in [5.74, 6) is 0.526. The van der Waals surface area contributed by atoms with E-state index in [9.17, 15) is 14.9 Å². The van der Waals surface area contributed by atoms with Crippen molar-refractivity contribution in [1.29, 1.82) is 0 Å². The van der Waals surface area contributed by atoms with Gasteiger partial charge in [-0.25, -0.2) is 0 Å². The summed E-state index contributed by atoms with van der Waals surface area (Å²) in [4.78, 5) is 22.5. The first-order chi connectivity index (χ1) is 11.0. The first kappa shape index (κ1) is 16.5. The predicted octanol–water partition coefficient (Wildman–Crippen LogP) is 3.48. The Hall–Kier alpha value is -2.89. The summed E-state index contributed by atoms with van der Waals surface area (Å²) in [5, 5.41) is 13.6. The van der Waals surface area contributed by atoms with E-state index in [1.165, 1.54) is 6.07 Å². The summed E-state index contributed by atoms with van der Waals surface area (Å²) in [6.45, 7) is 4.15. The zero-order valence-electron chi connectivity index (χ0n) is 13.0. The molecule has 0 aliphatic heterocycles. The van der Waals surface area contributed by atoms with Gasteiger partial charge in [-0.15, -0.1) is 0 Å². The highest BCUT2D eigenvalue weighted by molar-refractivity contribution is 5.92. The smallest absolute Gasteiger partial charge is 0.274 e. The fourth-order valence-corrected chi connectivity index (χ4v) is 2.14. The highest BCUT2D eigenvalue weighted by Crippen LogP contribution is 2.22. The van der Waals surface area contributed by atoms with E-state index < -0.39 is 4.92 Å². The first-order valence-electron chi connectivity index (χ1n) is 7.26. The molecule has 0 spiro atoms. The minimum atomic E-state index is -0.461. The third kappa shape index (κ3) is 4.54. The van der Waals surface area contributed by atoms with Gasteiger partial charge in [-0.05, 0) is 37.6 Å². The van der Waals surface area contributed by atoms with Crippen molar-refractivity contribution < 1.29 is 14.5 Å². The van der Waals surface area contributed by atoms with Crippen LogP contribution >= 0.6 is 0 Å². The SMILES string of the molecule is CCOc1ccc(CC(=O)Nc2ccc(C)c([N+](=O)[O-])c2)cc1. The third-order valence-corrected chi connectivity index (χ3v) is 3.29. The van der Waals surface area contributed by atoms with Gasteiger partial charge in [0.15, 0.2) is 0 Å². The normalized spacial score (nSPS) is 10.2. The van der Waals surface area contributed by atoms with Crippen LogP contribution in [0.15, 0.2) is 42.5 Å². The number of benzene rings is 2. The highest BCUT2D eigenvalue weighted by atomic mass is 16.6. The van der Waals surface area contributed by atoms with Crippen LogP contribution in [0.5, 0.6) is 5.75 Å². The molecule has 23 heavy (non-hydrogen) atoms. The van der Waals surface area contributed by atoms with Gasteiger partial charge in [-0.1, -0.05) is 18.2 Å². The molecule has 6 heteroatoms. The fourth-order valence-electron chi connectivity index (χ4n) is 2.14. The Morgan fingerprint density at radius 2 is 1.91 bits per heavy atom. The third-order valence-electron chi connectivity index (χ3n) is 3.29. The Morgan fingerprint density at radius 1 is 1.22 bits per heavy atom. The zero-order valence-corrected chi connectivity index (χ0v) is 13.0. The molecule has 0 aromatic heterocycles. The van der Waals surface area contributed by atoms with Crippen LogP contribution in [0.2, 0.25) is 0 Å². The van der Waals surface area contributed by atoms with Crippen molar-refractivity contribution in [3.63, 3.8) is 0 Å². The van der Waals surface area contributed by atoms with Crippen molar-refractivity contribution in [3.8, 4) is 5.75 Å². The second-order valence-corrected chi connectivity index (χ2v) is 5.06. The number of anilines is 1. The molecule has 6 nitrogen and oxygen atoms in total. The Balaban J connectivity index is 2.02. The summed E-state index contributed by atoms with van der Waals surface area (Å²) >= 11 is 0. The van der Waals surface area contributed by atoms with Crippen LogP contribution in [-0.2, 0) is 11.2 Å². The standard InChI is InChI=1S/C17H18N2O4/c1-3-23-15-8-5-13(6-9-15)10-17(20)18-14-7-4-12(2)16(11-14)19(21)22/h4-9,11H,3,10H2,1-2H3,(H,18,20). The number of nitro benzene ring substituents is 1. The number of carbonyl (C=O) groups is 1. The quantitative estimate of drug-likeness (QED) is 0.653. The lowest BCUT2D eigenvalue weighted by molar-refractivity contribution is -0.385. The Bertz CT molecular complexity index is 711. The summed E-state index contributed by atoms with van der Waals surface area (Å²) in [6.07, 6.45) is 0.189. The average molecular weight is 314 g/mol. The topological polar surface area (TPSA) is 81.5 Å². The molecule has 1 amide bonds. The minimum absolute atomic E-state index is 0.0103. The largest absolute Gasteiger partial charge is 0.494 e. The second kappa shape index (κ2) is 7.40. The lowest BCUT2D eigenvalue weighted by atomic mass is 10.1. The molecule has 0 aliphatic rings. The van der Waals surface area contributed by atoms with Crippen molar-refractivity contribution in [3.05, 3.63) is 63.7 Å². The van der Waals surface area contributed by atoms with Crippen molar-refractivity contribution >= 4 is 17.3 Å². The maximum atomic E-state index is 12.0. The average Bonchev–Trinajstić information content (AvgIpc) is 2.51. The molecule has 2 aromatic rings. The molecule has 0 unspecified atom stereocenters. The van der Waals surface area contributed by atoms with Crippen LogP contribution in [0.25, 0.3) is 0 Å². The van der Waals surface area contributed by atoms with E-state index in [0.717, 1.165) is 11.3 Å². The monoisotopic (exact) mass is 314 g/mol. The van der Waals surface area contributed by atoms with Crippen LogP contribution < -0.4 is 10.1 Å². The van der Waals surface area contributed by atoms with Crippen molar-refractivity contribution in [2.75, 3.05) is 11.9 Å². The summed E-state index contributed by atoms with van der Waals surface area (Å²) in [6, 6.07) is 11.9. The Morgan fingerprint density at radius 3 is 2.52 bits per heavy atom. The molecule has 0 saturated carbocycles. The van der Waals surface area contributed by atoms with Gasteiger partial charge >= 0.3 is 0 Å². The Kier molecular flexibility index (Phi) is 5.30. The second-order valence-electron chi connectivity index (χ2n) is 5.06. The molecule has 0 saturated heterocycles. The number of rotatable bonds is 6. The molecule has 0 radical (unpaired) electrons. The number of nitro groups is 1. The van der Waals surface area contributed by atoms with Crippen LogP contribution in [0, 0.1) is 17.0 Å². The number of carbonyl (C=O) groups excluding carboxylic acids is 1. The summed E-state index contributed by atoms with van der Waals surface area (Å²) in [7, 11) is 0. The van der Waals surface area contributed by atoms with Crippen LogP contribution in [0.1, 0.15) is 18.1 Å². The molecule has 120 valence electrons. The fraction of sp³-hybridized carbons (Fsp3) is 0.235. The summed E-state index contributed by atoms with van der Waals surface area (Å²) in [5.41, 5.74) is 1.80. The molecule has 1 N–H and O–H groups in total. The molecule has 2 aromatic carbocycles. The van der Waals surface area contributed by atoms with Crippen LogP contribution in [0.3, 0.4) is 0 Å². The predicted molar refractivity (Wildman–Crippen MR) is 87.8 cm³/mol. The van der Waals surface area contributed by atoms with Crippen molar-refractivity contribution in [2.24, 2.45) is 0 Å². The number of aryl methyl sites for hydroxylation is 1. The molecule has 0 fully saturated rings. The van der Waals surface area contributed by atoms with E-state index in [1.807, 2.05) is 31.2 Å². The number of nitrogens with one attached hydrogen (secondary N) is 1. The van der Waals surface area contributed by atoms with Gasteiger partial charge < -0.3 is 10.1 Å². The molecule has 2 rings (SSSR count). The molecular formula is C17H18N2O4. The molecule has 0 heterocycles. The van der Waals surface area contributed by atoms with E-state index in [-0.39, 0.29) is 18.0 Å². The molecule has 0 atom stereocenters. The maximum Gasteiger partial charge on any atom is 0.274 e. The zero-order chi connectivity index (χ0) is 16.8. The van der Waals surface area contributed by atoms with E-state index in [4.69, 9.17) is 4.74 Å². The number of amides is 1. The lowest BCUT2D eigenvalue weighted by Gasteiger charge is -2.07. The van der Waals surface area contributed by atoms with Gasteiger partial charge in [-0.2, -0.15) is 0 Å². The van der Waals surface area contributed by atoms with Crippen LogP contribution in [0.4, 0.5) is 11.4 Å². The van der Waals surface area contributed by atoms with E-state index in [1.54, 1.807) is 19.1 Å². The van der Waals surface area contributed by atoms with Gasteiger partial charge in [-0.3, -0.25) is 14.9 Å². The molecule has 0 bridgehead atoms. The van der Waals surface area contributed by atoms with Gasteiger partial charge in [0.1, 0.15) is 5.75 Å². The van der Waals surface area contributed by atoms with Gasteiger partial charge in [0.25, 0.3) is 5.69 Å². The number of ether oxygens (including phenoxy) is 1. The minimum Gasteiger partial charge on any atom is -0.494 e. The number of hydrogen-bond donors (Lipinski definition) is 1. The first-order valence-corrected chi connectivity index (χ1v) is 7.26. The number of hydrogen-bond acceptors (Lipinski definition) is 4. The number of nitrogens with zero attached hydrogens (tertiary/aromatic N) is 1. The van der Waals surface area contributed by atoms with Gasteiger partial charge in [0, 0.05) is 17.3 Å². The molecular weight excluding hydrogens is 296 g/mol. The van der Waals surface area contributed by atoms with E-state index in [0.29, 0.717) is 17.9 Å². The van der Waals surface area contributed by atoms with E-state index >= 15 is 0 Å².